The molecule has 6 heteroatoms. The molecular weight excluding hydrogens is 291 g/mol. The van der Waals surface area contributed by atoms with E-state index in [1.165, 1.54) is 11.3 Å². The number of nitrogens with one attached hydrogen (secondary N) is 2. The van der Waals surface area contributed by atoms with E-state index in [0.717, 1.165) is 18.4 Å². The molecule has 1 aliphatic rings. The minimum atomic E-state index is -0.240. The van der Waals surface area contributed by atoms with E-state index in [1.807, 2.05) is 19.9 Å². The Morgan fingerprint density at radius 3 is 2.61 bits per heavy atom. The summed E-state index contributed by atoms with van der Waals surface area (Å²) in [6, 6.07) is 1.99. The van der Waals surface area contributed by atoms with Crippen molar-refractivity contribution in [3.8, 4) is 0 Å². The molecular formula is C12H16Cl2N2OS. The number of rotatable bonds is 5. The zero-order valence-corrected chi connectivity index (χ0v) is 12.6. The monoisotopic (exact) mass is 306 g/mol. The van der Waals surface area contributed by atoms with E-state index in [-0.39, 0.29) is 18.0 Å². The highest BCUT2D eigenvalue weighted by Gasteiger charge is 2.26. The summed E-state index contributed by atoms with van der Waals surface area (Å²) in [5, 5.41) is 6.21. The summed E-state index contributed by atoms with van der Waals surface area (Å²) in [5.74, 6) is 0.0433. The van der Waals surface area contributed by atoms with Crippen LogP contribution in [0.5, 0.6) is 0 Å². The van der Waals surface area contributed by atoms with Crippen molar-refractivity contribution in [3.05, 3.63) is 20.3 Å². The molecule has 1 heterocycles. The van der Waals surface area contributed by atoms with Gasteiger partial charge in [-0.1, -0.05) is 23.2 Å². The smallest absolute Gasteiger partial charge is 0.237 e. The van der Waals surface area contributed by atoms with Crippen LogP contribution in [0.2, 0.25) is 8.67 Å². The zero-order valence-electron chi connectivity index (χ0n) is 10.3. The highest BCUT2D eigenvalue weighted by Crippen LogP contribution is 2.34. The van der Waals surface area contributed by atoms with Crippen LogP contribution >= 0.6 is 34.5 Å². The van der Waals surface area contributed by atoms with Gasteiger partial charge in [0, 0.05) is 12.1 Å². The summed E-state index contributed by atoms with van der Waals surface area (Å²) in [4.78, 5) is 11.8. The Kier molecular flexibility index (Phi) is 4.54. The van der Waals surface area contributed by atoms with Gasteiger partial charge in [0.1, 0.15) is 0 Å². The maximum atomic E-state index is 11.8. The van der Waals surface area contributed by atoms with Crippen molar-refractivity contribution in [1.29, 1.82) is 0 Å². The van der Waals surface area contributed by atoms with Crippen molar-refractivity contribution in [3.63, 3.8) is 0 Å². The molecule has 1 amide bonds. The molecule has 0 spiro atoms. The van der Waals surface area contributed by atoms with Crippen LogP contribution in [0.4, 0.5) is 0 Å². The van der Waals surface area contributed by atoms with Crippen LogP contribution in [-0.2, 0) is 4.79 Å². The van der Waals surface area contributed by atoms with Crippen LogP contribution < -0.4 is 10.6 Å². The Morgan fingerprint density at radius 1 is 1.44 bits per heavy atom. The van der Waals surface area contributed by atoms with Crippen molar-refractivity contribution in [2.75, 3.05) is 0 Å². The summed E-state index contributed by atoms with van der Waals surface area (Å²) in [6.45, 7) is 3.83. The maximum Gasteiger partial charge on any atom is 0.237 e. The Labute approximate surface area is 121 Å². The van der Waals surface area contributed by atoms with Gasteiger partial charge in [0.15, 0.2) is 0 Å². The van der Waals surface area contributed by atoms with Gasteiger partial charge in [-0.3, -0.25) is 10.1 Å². The van der Waals surface area contributed by atoms with Crippen LogP contribution in [0.15, 0.2) is 6.07 Å². The van der Waals surface area contributed by atoms with Gasteiger partial charge in [-0.25, -0.2) is 0 Å². The van der Waals surface area contributed by atoms with Crippen LogP contribution in [0.25, 0.3) is 0 Å². The molecule has 0 bridgehead atoms. The lowest BCUT2D eigenvalue weighted by Crippen LogP contribution is -2.43. The predicted molar refractivity (Wildman–Crippen MR) is 76.5 cm³/mol. The van der Waals surface area contributed by atoms with Gasteiger partial charge in [-0.05, 0) is 38.3 Å². The first-order valence-electron chi connectivity index (χ1n) is 5.98. The molecule has 3 nitrogen and oxygen atoms in total. The number of thiophene rings is 1. The van der Waals surface area contributed by atoms with Crippen molar-refractivity contribution < 1.29 is 4.79 Å². The normalized spacial score (nSPS) is 18.4. The molecule has 1 fully saturated rings. The van der Waals surface area contributed by atoms with E-state index >= 15 is 0 Å². The third-order valence-corrected chi connectivity index (χ3v) is 4.48. The fraction of sp³-hybridized carbons (Fsp3) is 0.583. The zero-order chi connectivity index (χ0) is 13.3. The number of amides is 1. The topological polar surface area (TPSA) is 41.1 Å². The van der Waals surface area contributed by atoms with Crippen molar-refractivity contribution in [2.45, 2.75) is 44.8 Å². The molecule has 2 unspecified atom stereocenters. The van der Waals surface area contributed by atoms with Gasteiger partial charge >= 0.3 is 0 Å². The molecule has 0 radical (unpaired) electrons. The number of carbonyl (C=O) groups excluding carboxylic acids is 1. The van der Waals surface area contributed by atoms with Crippen LogP contribution in [-0.4, -0.2) is 18.0 Å². The molecule has 1 aromatic heterocycles. The first-order valence-corrected chi connectivity index (χ1v) is 7.55. The molecule has 2 rings (SSSR count). The van der Waals surface area contributed by atoms with Crippen LogP contribution in [0.1, 0.15) is 38.3 Å². The second-order valence-electron chi connectivity index (χ2n) is 4.67. The van der Waals surface area contributed by atoms with Gasteiger partial charge < -0.3 is 5.32 Å². The lowest BCUT2D eigenvalue weighted by atomic mass is 10.1. The van der Waals surface area contributed by atoms with E-state index in [9.17, 15) is 4.79 Å². The first-order chi connectivity index (χ1) is 8.47. The highest BCUT2D eigenvalue weighted by molar-refractivity contribution is 7.20. The van der Waals surface area contributed by atoms with Gasteiger partial charge in [-0.2, -0.15) is 0 Å². The van der Waals surface area contributed by atoms with Gasteiger partial charge in [0.25, 0.3) is 0 Å². The van der Waals surface area contributed by atoms with Crippen LogP contribution in [0, 0.1) is 0 Å². The molecule has 1 aliphatic carbocycles. The predicted octanol–water partition coefficient (Wildman–Crippen LogP) is 3.37. The van der Waals surface area contributed by atoms with E-state index in [2.05, 4.69) is 10.6 Å². The second kappa shape index (κ2) is 5.78. The second-order valence-corrected chi connectivity index (χ2v) is 6.96. The number of hydrogen-bond donors (Lipinski definition) is 2. The fourth-order valence-corrected chi connectivity index (χ4v) is 3.39. The molecule has 2 atom stereocenters. The molecule has 0 aliphatic heterocycles. The largest absolute Gasteiger partial charge is 0.352 e. The van der Waals surface area contributed by atoms with Gasteiger partial charge in [0.2, 0.25) is 5.91 Å². The Morgan fingerprint density at radius 2 is 2.11 bits per heavy atom. The Balaban J connectivity index is 1.91. The van der Waals surface area contributed by atoms with E-state index in [0.29, 0.717) is 14.7 Å². The number of halogens is 2. The molecule has 1 aromatic rings. The Bertz CT molecular complexity index is 445. The number of carbonyl (C=O) groups is 1. The van der Waals surface area contributed by atoms with Crippen LogP contribution in [0.3, 0.4) is 0 Å². The minimum absolute atomic E-state index is 0.00111. The van der Waals surface area contributed by atoms with Gasteiger partial charge in [-0.15, -0.1) is 11.3 Å². The maximum absolute atomic E-state index is 11.8. The molecule has 2 N–H and O–H groups in total. The summed E-state index contributed by atoms with van der Waals surface area (Å²) >= 11 is 13.3. The van der Waals surface area contributed by atoms with E-state index in [4.69, 9.17) is 23.2 Å². The van der Waals surface area contributed by atoms with Gasteiger partial charge in [0.05, 0.1) is 14.7 Å². The number of hydrogen-bond acceptors (Lipinski definition) is 3. The third-order valence-electron chi connectivity index (χ3n) is 2.97. The SMILES string of the molecule is CC(NC(C)c1cc(Cl)sc1Cl)C(=O)NC1CC1. The molecule has 0 aromatic carbocycles. The minimum Gasteiger partial charge on any atom is -0.352 e. The van der Waals surface area contributed by atoms with Crippen molar-refractivity contribution in [2.24, 2.45) is 0 Å². The lowest BCUT2D eigenvalue weighted by Gasteiger charge is -2.19. The molecule has 18 heavy (non-hydrogen) atoms. The van der Waals surface area contributed by atoms with Crippen molar-refractivity contribution >= 4 is 40.4 Å². The van der Waals surface area contributed by atoms with Crippen molar-refractivity contribution in [1.82, 2.24) is 10.6 Å². The molecule has 0 saturated heterocycles. The van der Waals surface area contributed by atoms with E-state index in [1.54, 1.807) is 0 Å². The molecule has 1 saturated carbocycles. The lowest BCUT2D eigenvalue weighted by molar-refractivity contribution is -0.123. The fourth-order valence-electron chi connectivity index (χ4n) is 1.74. The average molecular weight is 307 g/mol. The Hall–Kier alpha value is -0.290. The molecule has 100 valence electrons. The quantitative estimate of drug-likeness (QED) is 0.875. The standard InChI is InChI=1S/C12H16Cl2N2OS/c1-6(9-5-10(13)18-11(9)14)15-7(2)12(17)16-8-3-4-8/h5-8,15H,3-4H2,1-2H3,(H,16,17). The van der Waals surface area contributed by atoms with E-state index < -0.39 is 0 Å². The summed E-state index contributed by atoms with van der Waals surface area (Å²) in [6.07, 6.45) is 2.19. The third kappa shape index (κ3) is 3.60. The first kappa shape index (κ1) is 14.1. The summed E-state index contributed by atoms with van der Waals surface area (Å²) < 4.78 is 1.34. The average Bonchev–Trinajstić information content (AvgIpc) is 3.02. The highest BCUT2D eigenvalue weighted by atomic mass is 35.5. The summed E-state index contributed by atoms with van der Waals surface area (Å²) in [7, 11) is 0. The summed E-state index contributed by atoms with van der Waals surface area (Å²) in [5.41, 5.74) is 0.942.